The van der Waals surface area contributed by atoms with Crippen molar-refractivity contribution in [2.45, 2.75) is 77.0 Å². The lowest BCUT2D eigenvalue weighted by Gasteiger charge is -2.30. The van der Waals surface area contributed by atoms with Gasteiger partial charge in [-0.1, -0.05) is 286 Å². The van der Waals surface area contributed by atoms with Gasteiger partial charge in [0.15, 0.2) is 0 Å². The number of hydrogen-bond donors (Lipinski definition) is 0. The third-order valence-electron chi connectivity index (χ3n) is 21.4. The summed E-state index contributed by atoms with van der Waals surface area (Å²) in [7, 11) is 0. The summed E-state index contributed by atoms with van der Waals surface area (Å²) in [5, 5.41) is 4.92. The second-order valence-corrected chi connectivity index (χ2v) is 28.1. The molecule has 442 valence electrons. The Morgan fingerprint density at radius 2 is 0.478 bits per heavy atom. The van der Waals surface area contributed by atoms with E-state index in [1.807, 2.05) is 0 Å². The highest BCUT2D eigenvalue weighted by Gasteiger charge is 2.41. The largest absolute Gasteiger partial charge is 0.310 e. The zero-order chi connectivity index (χ0) is 62.4. The molecule has 0 N–H and O–H groups in total. The van der Waals surface area contributed by atoms with Crippen molar-refractivity contribution in [1.29, 1.82) is 0 Å². The molecule has 0 saturated heterocycles. The van der Waals surface area contributed by atoms with Gasteiger partial charge in [-0.15, -0.1) is 0 Å². The Balaban J connectivity index is 0.623. The molecule has 0 spiro atoms. The van der Waals surface area contributed by atoms with Gasteiger partial charge in [-0.25, -0.2) is 0 Å². The molecule has 0 radical (unpaired) electrons. The lowest BCUT2D eigenvalue weighted by atomic mass is 9.81. The van der Waals surface area contributed by atoms with Gasteiger partial charge in [0.2, 0.25) is 0 Å². The molecule has 4 aliphatic carbocycles. The smallest absolute Gasteiger partial charge is 0.0540 e. The average Bonchev–Trinajstić information content (AvgIpc) is 1.56. The summed E-state index contributed by atoms with van der Waals surface area (Å²) in [6.07, 6.45) is 9.04. The summed E-state index contributed by atoms with van der Waals surface area (Å²) >= 11 is 0. The molecule has 0 atom stereocenters. The fraction of sp³-hybridized carbons (Fsp3) is 0.133. The average molecular weight is 1180 g/mol. The van der Waals surface area contributed by atoms with Crippen molar-refractivity contribution in [1.82, 2.24) is 0 Å². The number of rotatable bonds is 10. The molecular formula is C90H72N2. The summed E-state index contributed by atoms with van der Waals surface area (Å²) in [5.74, 6) is 0. The lowest BCUT2D eigenvalue weighted by molar-refractivity contribution is 0.659. The maximum absolute atomic E-state index is 2.49. The molecule has 0 aromatic heterocycles. The van der Waals surface area contributed by atoms with Crippen LogP contribution >= 0.6 is 0 Å². The van der Waals surface area contributed by atoms with Gasteiger partial charge in [-0.2, -0.15) is 0 Å². The molecule has 0 fully saturated rings. The fourth-order valence-corrected chi connectivity index (χ4v) is 16.4. The van der Waals surface area contributed by atoms with E-state index < -0.39 is 0 Å². The number of fused-ring (bicyclic) bond motifs is 14. The third-order valence-corrected chi connectivity index (χ3v) is 21.4. The second-order valence-electron chi connectivity index (χ2n) is 28.1. The molecule has 13 aromatic rings. The minimum Gasteiger partial charge on any atom is -0.310 e. The van der Waals surface area contributed by atoms with Crippen molar-refractivity contribution >= 4 is 80.0 Å². The van der Waals surface area contributed by atoms with E-state index in [1.165, 1.54) is 156 Å². The van der Waals surface area contributed by atoms with E-state index >= 15 is 0 Å². The Morgan fingerprint density at radius 1 is 0.217 bits per heavy atom. The normalized spacial score (nSPS) is 15.2. The summed E-state index contributed by atoms with van der Waals surface area (Å²) in [5.41, 5.74) is 32.5. The van der Waals surface area contributed by atoms with Gasteiger partial charge >= 0.3 is 0 Å². The van der Waals surface area contributed by atoms with E-state index in [4.69, 9.17) is 0 Å². The van der Waals surface area contributed by atoms with Gasteiger partial charge < -0.3 is 9.80 Å². The minimum atomic E-state index is -0.219. The zero-order valence-corrected chi connectivity index (χ0v) is 53.6. The number of anilines is 6. The van der Waals surface area contributed by atoms with E-state index in [0.717, 1.165) is 11.4 Å². The Bertz CT molecular complexity index is 4950. The molecule has 17 rings (SSSR count). The quantitative estimate of drug-likeness (QED) is 0.126. The number of benzene rings is 13. The van der Waals surface area contributed by atoms with Crippen molar-refractivity contribution in [2.24, 2.45) is 0 Å². The molecule has 0 heterocycles. The molecule has 0 saturated carbocycles. The number of hydrogen-bond acceptors (Lipinski definition) is 2. The van der Waals surface area contributed by atoms with Crippen molar-refractivity contribution in [2.75, 3.05) is 9.80 Å². The molecule has 0 bridgehead atoms. The molecule has 2 heteroatoms. The Kier molecular flexibility index (Phi) is 12.4. The molecule has 0 aliphatic heterocycles. The van der Waals surface area contributed by atoms with E-state index in [0.29, 0.717) is 0 Å². The van der Waals surface area contributed by atoms with Gasteiger partial charge in [0, 0.05) is 55.2 Å². The van der Waals surface area contributed by atoms with E-state index in [-0.39, 0.29) is 21.7 Å². The summed E-state index contributed by atoms with van der Waals surface area (Å²) in [6, 6.07) is 100. The molecule has 0 amide bonds. The monoisotopic (exact) mass is 1180 g/mol. The first-order valence-electron chi connectivity index (χ1n) is 32.7. The first kappa shape index (κ1) is 55.5. The Morgan fingerprint density at radius 3 is 0.848 bits per heavy atom. The van der Waals surface area contributed by atoms with Crippen LogP contribution in [0.2, 0.25) is 0 Å². The summed E-state index contributed by atoms with van der Waals surface area (Å²) < 4.78 is 0. The highest BCUT2D eigenvalue weighted by Crippen LogP contribution is 2.57. The van der Waals surface area contributed by atoms with Gasteiger partial charge in [-0.05, 0) is 183 Å². The van der Waals surface area contributed by atoms with Crippen LogP contribution in [0.1, 0.15) is 122 Å². The highest BCUT2D eigenvalue weighted by molar-refractivity contribution is 6.02. The molecule has 13 aromatic carbocycles. The lowest BCUT2D eigenvalue weighted by Crippen LogP contribution is -2.18. The van der Waals surface area contributed by atoms with Crippen LogP contribution in [0.25, 0.3) is 90.4 Å². The van der Waals surface area contributed by atoms with Crippen molar-refractivity contribution in [3.63, 3.8) is 0 Å². The van der Waals surface area contributed by atoms with E-state index in [1.54, 1.807) is 0 Å². The van der Waals surface area contributed by atoms with Crippen LogP contribution in [0.15, 0.2) is 267 Å². The van der Waals surface area contributed by atoms with Gasteiger partial charge in [-0.3, -0.25) is 0 Å². The van der Waals surface area contributed by atoms with Crippen LogP contribution in [0.4, 0.5) is 34.1 Å². The van der Waals surface area contributed by atoms with Crippen molar-refractivity contribution in [3.8, 4) is 44.5 Å². The molecule has 0 unspecified atom stereocenters. The minimum absolute atomic E-state index is 0.116. The van der Waals surface area contributed by atoms with Gasteiger partial charge in [0.05, 0.1) is 11.4 Å². The van der Waals surface area contributed by atoms with E-state index in [2.05, 4.69) is 356 Å². The van der Waals surface area contributed by atoms with Crippen LogP contribution in [-0.4, -0.2) is 0 Å². The predicted octanol–water partition coefficient (Wildman–Crippen LogP) is 24.5. The number of nitrogens with zero attached hydrogens (tertiary/aromatic N) is 2. The summed E-state index contributed by atoms with van der Waals surface area (Å²) in [6.45, 7) is 19.1. The van der Waals surface area contributed by atoms with Crippen molar-refractivity contribution < 1.29 is 0 Å². The van der Waals surface area contributed by atoms with Crippen LogP contribution in [0.3, 0.4) is 0 Å². The molecule has 92 heavy (non-hydrogen) atoms. The molecular weight excluding hydrogens is 1110 g/mol. The van der Waals surface area contributed by atoms with Crippen LogP contribution < -0.4 is 9.80 Å². The fourth-order valence-electron chi connectivity index (χ4n) is 16.4. The third kappa shape index (κ3) is 8.53. The second kappa shape index (κ2) is 20.5. The molecule has 4 aliphatic rings. The maximum atomic E-state index is 2.49. The van der Waals surface area contributed by atoms with Crippen molar-refractivity contribution in [3.05, 3.63) is 334 Å². The standard InChI is InChI=1S/C90H72N2/c1-87(2)77-27-15-13-25-69(77)73-47-41-63(53-81(73)87)91(85-29-17-21-61-19-9-11-23-67(61)85)65-43-49-75-71-45-39-59(51-79(71)89(5,6)83(75)55-65)37-35-57-31-33-58(34-32-57)36-38-60-40-46-72-76-50-44-66(56-84(76)90(7,8)80(72)52-60)92(86-30-18-22-62-20-10-12-24-68(62)86)64-42-48-74-70-26-14-16-28-78(70)88(3,4)82(74)54-64/h9-56H,1-8H3. The highest BCUT2D eigenvalue weighted by atomic mass is 15.2. The Hall–Kier alpha value is -10.5. The zero-order valence-electron chi connectivity index (χ0n) is 53.6. The first-order valence-corrected chi connectivity index (χ1v) is 32.7. The van der Waals surface area contributed by atoms with Crippen LogP contribution in [0.5, 0.6) is 0 Å². The van der Waals surface area contributed by atoms with Crippen LogP contribution in [0, 0.1) is 0 Å². The molecule has 2 nitrogen and oxygen atoms in total. The summed E-state index contributed by atoms with van der Waals surface area (Å²) in [4.78, 5) is 4.99. The Labute approximate surface area is 541 Å². The predicted molar refractivity (Wildman–Crippen MR) is 392 cm³/mol. The SMILES string of the molecule is CC1(C)c2ccccc2-c2ccc(N(c3ccc4c(c3)C(C)(C)c3cc(C=Cc5ccc(C=Cc6ccc7c(c6)C(C)(C)c6cc(N(c8ccc9c(c8)C(C)(C)c8ccccc8-9)c8cccc9ccccc89)ccc6-7)cc5)ccc3-4)c3cccc4ccccc34)cc21. The topological polar surface area (TPSA) is 6.48 Å². The maximum Gasteiger partial charge on any atom is 0.0540 e. The van der Waals surface area contributed by atoms with Gasteiger partial charge in [0.25, 0.3) is 0 Å². The van der Waals surface area contributed by atoms with E-state index in [9.17, 15) is 0 Å². The first-order chi connectivity index (χ1) is 44.6. The van der Waals surface area contributed by atoms with Gasteiger partial charge in [0.1, 0.15) is 0 Å². The van der Waals surface area contributed by atoms with Crippen LogP contribution in [-0.2, 0) is 21.7 Å².